The molecule has 0 fully saturated rings. The maximum absolute atomic E-state index is 5.81. The van der Waals surface area contributed by atoms with Crippen LogP contribution in [-0.2, 0) is 6.42 Å². The maximum atomic E-state index is 5.81. The van der Waals surface area contributed by atoms with Crippen LogP contribution in [0.25, 0.3) is 11.0 Å². The second kappa shape index (κ2) is 4.57. The second-order valence-electron chi connectivity index (χ2n) is 3.49. The summed E-state index contributed by atoms with van der Waals surface area (Å²) < 4.78 is 4.89. The average molecular weight is 266 g/mol. The lowest BCUT2D eigenvalue weighted by molar-refractivity contribution is 0.380. The van der Waals surface area contributed by atoms with Crippen molar-refractivity contribution in [2.24, 2.45) is 0 Å². The van der Waals surface area contributed by atoms with E-state index in [9.17, 15) is 0 Å². The molecular weight excluding hydrogens is 258 g/mol. The number of hydrogen-bond acceptors (Lipinski definition) is 7. The standard InChI is InChI=1S/C9H8ClN7O/c10-9-15-7(5-3-13-17-8(5)16-9)11-2-1-6-12-4-14-18-6/h3-4H,1-2H2,(H2,11,13,15,16,17). The molecule has 3 aromatic heterocycles. The van der Waals surface area contributed by atoms with E-state index < -0.39 is 0 Å². The lowest BCUT2D eigenvalue weighted by Crippen LogP contribution is -2.07. The van der Waals surface area contributed by atoms with Crippen LogP contribution in [0.2, 0.25) is 5.28 Å². The Labute approximate surface area is 106 Å². The molecule has 0 aromatic carbocycles. The van der Waals surface area contributed by atoms with Gasteiger partial charge in [0, 0.05) is 13.0 Å². The van der Waals surface area contributed by atoms with Crippen LogP contribution in [0, 0.1) is 0 Å². The zero-order valence-electron chi connectivity index (χ0n) is 9.09. The number of rotatable bonds is 4. The summed E-state index contributed by atoms with van der Waals surface area (Å²) in [6.45, 7) is 0.593. The summed E-state index contributed by atoms with van der Waals surface area (Å²) in [5.74, 6) is 1.18. The average Bonchev–Trinajstić information content (AvgIpc) is 2.98. The van der Waals surface area contributed by atoms with Crippen molar-refractivity contribution >= 4 is 28.5 Å². The monoisotopic (exact) mass is 265 g/mol. The predicted octanol–water partition coefficient (Wildman–Crippen LogP) is 1.04. The molecule has 92 valence electrons. The highest BCUT2D eigenvalue weighted by Crippen LogP contribution is 2.19. The minimum absolute atomic E-state index is 0.159. The Morgan fingerprint density at radius 2 is 2.33 bits per heavy atom. The van der Waals surface area contributed by atoms with Gasteiger partial charge in [0.25, 0.3) is 0 Å². The van der Waals surface area contributed by atoms with Gasteiger partial charge in [-0.2, -0.15) is 20.1 Å². The maximum Gasteiger partial charge on any atom is 0.228 e. The van der Waals surface area contributed by atoms with Crippen molar-refractivity contribution in [2.45, 2.75) is 6.42 Å². The zero-order valence-corrected chi connectivity index (χ0v) is 9.85. The summed E-state index contributed by atoms with van der Waals surface area (Å²) in [6.07, 6.45) is 3.60. The normalized spacial score (nSPS) is 10.9. The molecule has 0 aliphatic rings. The molecule has 0 radical (unpaired) electrons. The first kappa shape index (κ1) is 10.9. The number of nitrogens with one attached hydrogen (secondary N) is 2. The first-order valence-corrected chi connectivity index (χ1v) is 5.57. The van der Waals surface area contributed by atoms with Gasteiger partial charge in [-0.3, -0.25) is 5.10 Å². The largest absolute Gasteiger partial charge is 0.369 e. The number of aromatic nitrogens is 6. The fourth-order valence-corrected chi connectivity index (χ4v) is 1.71. The molecule has 0 saturated carbocycles. The van der Waals surface area contributed by atoms with Crippen LogP contribution in [0.5, 0.6) is 0 Å². The van der Waals surface area contributed by atoms with E-state index in [1.807, 2.05) is 0 Å². The van der Waals surface area contributed by atoms with Crippen LogP contribution in [0.4, 0.5) is 5.82 Å². The number of aromatic amines is 1. The summed E-state index contributed by atoms with van der Waals surface area (Å²) in [5.41, 5.74) is 0.593. The first-order chi connectivity index (χ1) is 8.83. The number of H-pyrrole nitrogens is 1. The molecular formula is C9H8ClN7O. The molecule has 0 amide bonds. The molecule has 8 nitrogen and oxygen atoms in total. The van der Waals surface area contributed by atoms with Crippen LogP contribution in [0.3, 0.4) is 0 Å². The molecule has 3 aromatic rings. The highest BCUT2D eigenvalue weighted by atomic mass is 35.5. The SMILES string of the molecule is Clc1nc(NCCc2ncno2)c2cn[nH]c2n1. The van der Waals surface area contributed by atoms with E-state index in [1.54, 1.807) is 6.20 Å². The van der Waals surface area contributed by atoms with Gasteiger partial charge in [0.1, 0.15) is 5.82 Å². The van der Waals surface area contributed by atoms with Crippen LogP contribution in [-0.4, -0.2) is 36.9 Å². The summed E-state index contributed by atoms with van der Waals surface area (Å²) >= 11 is 5.81. The molecule has 0 aliphatic carbocycles. The Morgan fingerprint density at radius 3 is 3.17 bits per heavy atom. The van der Waals surface area contributed by atoms with E-state index in [1.165, 1.54) is 6.33 Å². The van der Waals surface area contributed by atoms with Gasteiger partial charge in [-0.25, -0.2) is 0 Å². The van der Waals surface area contributed by atoms with Gasteiger partial charge < -0.3 is 9.84 Å². The fraction of sp³-hybridized carbons (Fsp3) is 0.222. The van der Waals surface area contributed by atoms with E-state index in [-0.39, 0.29) is 5.28 Å². The van der Waals surface area contributed by atoms with Crippen molar-refractivity contribution in [3.63, 3.8) is 0 Å². The molecule has 9 heteroatoms. The number of halogens is 1. The van der Waals surface area contributed by atoms with Crippen molar-refractivity contribution in [1.29, 1.82) is 0 Å². The van der Waals surface area contributed by atoms with Crippen molar-refractivity contribution in [1.82, 2.24) is 30.3 Å². The van der Waals surface area contributed by atoms with Gasteiger partial charge >= 0.3 is 0 Å². The van der Waals surface area contributed by atoms with E-state index in [4.69, 9.17) is 16.1 Å². The molecule has 0 unspecified atom stereocenters. The van der Waals surface area contributed by atoms with Gasteiger partial charge in [-0.15, -0.1) is 0 Å². The topological polar surface area (TPSA) is 105 Å². The van der Waals surface area contributed by atoms with Gasteiger partial charge in [-0.1, -0.05) is 5.16 Å². The molecule has 0 bridgehead atoms. The Kier molecular flexibility index (Phi) is 2.77. The first-order valence-electron chi connectivity index (χ1n) is 5.19. The Balaban J connectivity index is 1.75. The third-order valence-electron chi connectivity index (χ3n) is 2.32. The third kappa shape index (κ3) is 2.09. The molecule has 3 rings (SSSR count). The summed E-state index contributed by atoms with van der Waals surface area (Å²) in [5, 5.41) is 14.2. The molecule has 0 aliphatic heterocycles. The van der Waals surface area contributed by atoms with Gasteiger partial charge in [0.2, 0.25) is 11.2 Å². The fourth-order valence-electron chi connectivity index (χ4n) is 1.54. The lowest BCUT2D eigenvalue weighted by Gasteiger charge is -2.04. The molecule has 18 heavy (non-hydrogen) atoms. The van der Waals surface area contributed by atoms with Crippen LogP contribution in [0.1, 0.15) is 5.89 Å². The van der Waals surface area contributed by atoms with E-state index in [2.05, 4.69) is 35.6 Å². The zero-order chi connectivity index (χ0) is 12.4. The highest BCUT2D eigenvalue weighted by molar-refractivity contribution is 6.28. The molecule has 0 atom stereocenters. The van der Waals surface area contributed by atoms with Gasteiger partial charge in [0.15, 0.2) is 12.0 Å². The van der Waals surface area contributed by atoms with Crippen molar-refractivity contribution < 1.29 is 4.52 Å². The molecule has 2 N–H and O–H groups in total. The quantitative estimate of drug-likeness (QED) is 0.679. The Hall–Kier alpha value is -2.22. The number of hydrogen-bond donors (Lipinski definition) is 2. The van der Waals surface area contributed by atoms with Crippen molar-refractivity contribution in [3.05, 3.63) is 23.7 Å². The van der Waals surface area contributed by atoms with Crippen molar-refractivity contribution in [2.75, 3.05) is 11.9 Å². The molecule has 0 saturated heterocycles. The van der Waals surface area contributed by atoms with E-state index in [0.717, 1.165) is 5.39 Å². The Morgan fingerprint density at radius 1 is 1.39 bits per heavy atom. The van der Waals surface area contributed by atoms with E-state index >= 15 is 0 Å². The second-order valence-corrected chi connectivity index (χ2v) is 3.82. The van der Waals surface area contributed by atoms with Crippen LogP contribution < -0.4 is 5.32 Å². The number of fused-ring (bicyclic) bond motifs is 1. The molecule has 3 heterocycles. The minimum Gasteiger partial charge on any atom is -0.369 e. The number of nitrogens with zero attached hydrogens (tertiary/aromatic N) is 5. The summed E-state index contributed by atoms with van der Waals surface area (Å²) in [7, 11) is 0. The Bertz CT molecular complexity index is 650. The third-order valence-corrected chi connectivity index (χ3v) is 2.49. The predicted molar refractivity (Wildman–Crippen MR) is 63.2 cm³/mol. The van der Waals surface area contributed by atoms with Gasteiger partial charge in [0.05, 0.1) is 11.6 Å². The number of anilines is 1. The van der Waals surface area contributed by atoms with Crippen LogP contribution in [0.15, 0.2) is 17.0 Å². The van der Waals surface area contributed by atoms with Crippen LogP contribution >= 0.6 is 11.6 Å². The van der Waals surface area contributed by atoms with Gasteiger partial charge in [-0.05, 0) is 11.6 Å². The molecule has 0 spiro atoms. The highest BCUT2D eigenvalue weighted by Gasteiger charge is 2.08. The smallest absolute Gasteiger partial charge is 0.228 e. The summed E-state index contributed by atoms with van der Waals surface area (Å²) in [6, 6.07) is 0. The van der Waals surface area contributed by atoms with E-state index in [0.29, 0.717) is 30.3 Å². The minimum atomic E-state index is 0.159. The lowest BCUT2D eigenvalue weighted by atomic mass is 10.3. The summed E-state index contributed by atoms with van der Waals surface area (Å²) in [4.78, 5) is 12.0. The van der Waals surface area contributed by atoms with Crippen molar-refractivity contribution in [3.8, 4) is 0 Å².